The summed E-state index contributed by atoms with van der Waals surface area (Å²) < 4.78 is 6.00. The van der Waals surface area contributed by atoms with Crippen molar-refractivity contribution in [3.63, 3.8) is 0 Å². The van der Waals surface area contributed by atoms with Crippen LogP contribution in [0.15, 0.2) is 70.5 Å². The minimum absolute atomic E-state index is 0.0407. The standard InChI is InChI=1S/C19H16BrNO2S/c1-23-15-10-8-14(9-11-15)21(13-16-5-4-12-24-16)19(22)17-6-2-3-7-18(17)20/h2-12H,13H2,1H3. The highest BCUT2D eigenvalue weighted by molar-refractivity contribution is 9.10. The van der Waals surface area contributed by atoms with Crippen LogP contribution in [0.4, 0.5) is 5.69 Å². The van der Waals surface area contributed by atoms with Gasteiger partial charge in [-0.15, -0.1) is 11.3 Å². The summed E-state index contributed by atoms with van der Waals surface area (Å²) in [5.41, 5.74) is 1.48. The van der Waals surface area contributed by atoms with E-state index in [4.69, 9.17) is 4.74 Å². The maximum Gasteiger partial charge on any atom is 0.259 e. The fourth-order valence-corrected chi connectivity index (χ4v) is 3.53. The summed E-state index contributed by atoms with van der Waals surface area (Å²) in [5.74, 6) is 0.726. The largest absolute Gasteiger partial charge is 0.497 e. The SMILES string of the molecule is COc1ccc(N(Cc2cccs2)C(=O)c2ccccc2Br)cc1. The van der Waals surface area contributed by atoms with Crippen molar-refractivity contribution < 1.29 is 9.53 Å². The Labute approximate surface area is 153 Å². The Kier molecular flexibility index (Phi) is 5.33. The molecule has 0 aliphatic heterocycles. The van der Waals surface area contributed by atoms with Crippen molar-refractivity contribution in [2.75, 3.05) is 12.0 Å². The minimum atomic E-state index is -0.0407. The maximum absolute atomic E-state index is 13.1. The molecule has 0 N–H and O–H groups in total. The third kappa shape index (κ3) is 3.68. The maximum atomic E-state index is 13.1. The highest BCUT2D eigenvalue weighted by Crippen LogP contribution is 2.26. The van der Waals surface area contributed by atoms with Gasteiger partial charge >= 0.3 is 0 Å². The molecular formula is C19H16BrNO2S. The molecule has 5 heteroatoms. The number of ether oxygens (including phenoxy) is 1. The zero-order valence-corrected chi connectivity index (χ0v) is 15.5. The monoisotopic (exact) mass is 401 g/mol. The number of carbonyl (C=O) groups is 1. The Hall–Kier alpha value is -2.11. The molecule has 0 atom stereocenters. The van der Waals surface area contributed by atoms with Gasteiger partial charge in [0.2, 0.25) is 0 Å². The van der Waals surface area contributed by atoms with E-state index < -0.39 is 0 Å². The lowest BCUT2D eigenvalue weighted by atomic mass is 10.1. The lowest BCUT2D eigenvalue weighted by molar-refractivity contribution is 0.0984. The number of anilines is 1. The smallest absolute Gasteiger partial charge is 0.259 e. The molecule has 2 aromatic carbocycles. The van der Waals surface area contributed by atoms with Gasteiger partial charge in [0.1, 0.15) is 5.75 Å². The molecule has 0 unspecified atom stereocenters. The number of hydrogen-bond donors (Lipinski definition) is 0. The first-order chi connectivity index (χ1) is 11.7. The van der Waals surface area contributed by atoms with E-state index in [-0.39, 0.29) is 5.91 Å². The number of thiophene rings is 1. The first kappa shape index (κ1) is 16.7. The number of methoxy groups -OCH3 is 1. The van der Waals surface area contributed by atoms with Gasteiger partial charge in [0.05, 0.1) is 19.2 Å². The van der Waals surface area contributed by atoms with Gasteiger partial charge in [-0.05, 0) is 63.8 Å². The molecule has 3 nitrogen and oxygen atoms in total. The number of hydrogen-bond acceptors (Lipinski definition) is 3. The van der Waals surface area contributed by atoms with E-state index in [0.717, 1.165) is 20.8 Å². The number of nitrogens with zero attached hydrogens (tertiary/aromatic N) is 1. The van der Waals surface area contributed by atoms with Crippen molar-refractivity contribution in [3.8, 4) is 5.75 Å². The summed E-state index contributed by atoms with van der Waals surface area (Å²) in [6.07, 6.45) is 0. The fraction of sp³-hybridized carbons (Fsp3) is 0.105. The Morgan fingerprint density at radius 2 is 1.83 bits per heavy atom. The molecule has 0 aliphatic rings. The van der Waals surface area contributed by atoms with E-state index in [2.05, 4.69) is 15.9 Å². The number of rotatable bonds is 5. The Morgan fingerprint density at radius 1 is 1.08 bits per heavy atom. The zero-order chi connectivity index (χ0) is 16.9. The minimum Gasteiger partial charge on any atom is -0.497 e. The van der Waals surface area contributed by atoms with Crippen LogP contribution in [0.3, 0.4) is 0 Å². The number of amides is 1. The van der Waals surface area contributed by atoms with Crippen LogP contribution >= 0.6 is 27.3 Å². The van der Waals surface area contributed by atoms with Crippen LogP contribution in [-0.2, 0) is 6.54 Å². The van der Waals surface area contributed by atoms with Crippen molar-refractivity contribution in [3.05, 3.63) is 81.0 Å². The Morgan fingerprint density at radius 3 is 2.46 bits per heavy atom. The molecule has 3 rings (SSSR count). The first-order valence-electron chi connectivity index (χ1n) is 7.42. The highest BCUT2D eigenvalue weighted by Gasteiger charge is 2.20. The van der Waals surface area contributed by atoms with Crippen LogP contribution in [0, 0.1) is 0 Å². The second kappa shape index (κ2) is 7.64. The van der Waals surface area contributed by atoms with E-state index in [1.54, 1.807) is 23.3 Å². The van der Waals surface area contributed by atoms with Gasteiger partial charge in [-0.25, -0.2) is 0 Å². The molecule has 1 heterocycles. The average Bonchev–Trinajstić information content (AvgIpc) is 3.13. The molecule has 0 radical (unpaired) electrons. The molecule has 0 bridgehead atoms. The molecule has 3 aromatic rings. The van der Waals surface area contributed by atoms with Gasteiger partial charge in [0.25, 0.3) is 5.91 Å². The predicted octanol–water partition coefficient (Wildman–Crippen LogP) is 5.37. The second-order valence-corrected chi connectivity index (χ2v) is 7.04. The molecule has 122 valence electrons. The third-order valence-corrected chi connectivity index (χ3v) is 5.18. The lowest BCUT2D eigenvalue weighted by Crippen LogP contribution is -2.30. The topological polar surface area (TPSA) is 29.5 Å². The Bertz CT molecular complexity index is 816. The van der Waals surface area contributed by atoms with Crippen molar-refractivity contribution in [2.24, 2.45) is 0 Å². The van der Waals surface area contributed by atoms with Crippen LogP contribution in [-0.4, -0.2) is 13.0 Å². The summed E-state index contributed by atoms with van der Waals surface area (Å²) in [6, 6.07) is 19.1. The van der Waals surface area contributed by atoms with Crippen LogP contribution in [0.25, 0.3) is 0 Å². The van der Waals surface area contributed by atoms with Gasteiger partial charge in [-0.1, -0.05) is 18.2 Å². The molecule has 0 fully saturated rings. The average molecular weight is 402 g/mol. The normalized spacial score (nSPS) is 10.4. The lowest BCUT2D eigenvalue weighted by Gasteiger charge is -2.23. The molecule has 1 aromatic heterocycles. The summed E-state index contributed by atoms with van der Waals surface area (Å²) in [6.45, 7) is 0.532. The molecule has 0 saturated carbocycles. The van der Waals surface area contributed by atoms with Crippen LogP contribution in [0.1, 0.15) is 15.2 Å². The predicted molar refractivity (Wildman–Crippen MR) is 102 cm³/mol. The molecule has 1 amide bonds. The first-order valence-corrected chi connectivity index (χ1v) is 9.09. The van der Waals surface area contributed by atoms with E-state index in [1.807, 2.05) is 66.0 Å². The van der Waals surface area contributed by atoms with Crippen LogP contribution in [0.5, 0.6) is 5.75 Å². The number of carbonyl (C=O) groups excluding carboxylic acids is 1. The zero-order valence-electron chi connectivity index (χ0n) is 13.1. The van der Waals surface area contributed by atoms with Gasteiger partial charge in [-0.2, -0.15) is 0 Å². The van der Waals surface area contributed by atoms with E-state index >= 15 is 0 Å². The molecule has 24 heavy (non-hydrogen) atoms. The summed E-state index contributed by atoms with van der Waals surface area (Å²) in [5, 5.41) is 2.02. The van der Waals surface area contributed by atoms with Crippen molar-refractivity contribution in [1.82, 2.24) is 0 Å². The molecular weight excluding hydrogens is 386 g/mol. The van der Waals surface area contributed by atoms with Crippen LogP contribution < -0.4 is 9.64 Å². The second-order valence-electron chi connectivity index (χ2n) is 5.15. The quantitative estimate of drug-likeness (QED) is 0.575. The van der Waals surface area contributed by atoms with E-state index in [0.29, 0.717) is 12.1 Å². The molecule has 0 saturated heterocycles. The van der Waals surface area contributed by atoms with E-state index in [9.17, 15) is 4.79 Å². The van der Waals surface area contributed by atoms with Gasteiger partial charge in [0.15, 0.2) is 0 Å². The van der Waals surface area contributed by atoms with Gasteiger partial charge in [0, 0.05) is 15.0 Å². The van der Waals surface area contributed by atoms with Crippen molar-refractivity contribution >= 4 is 38.9 Å². The van der Waals surface area contributed by atoms with Crippen LogP contribution in [0.2, 0.25) is 0 Å². The summed E-state index contributed by atoms with van der Waals surface area (Å²) in [4.78, 5) is 16.0. The van der Waals surface area contributed by atoms with Gasteiger partial charge in [-0.3, -0.25) is 4.79 Å². The molecule has 0 spiro atoms. The highest BCUT2D eigenvalue weighted by atomic mass is 79.9. The van der Waals surface area contributed by atoms with Gasteiger partial charge < -0.3 is 9.64 Å². The Balaban J connectivity index is 1.97. The van der Waals surface area contributed by atoms with Crippen molar-refractivity contribution in [1.29, 1.82) is 0 Å². The third-order valence-electron chi connectivity index (χ3n) is 3.63. The number of benzene rings is 2. The summed E-state index contributed by atoms with van der Waals surface area (Å²) in [7, 11) is 1.63. The van der Waals surface area contributed by atoms with E-state index in [1.165, 1.54) is 0 Å². The summed E-state index contributed by atoms with van der Waals surface area (Å²) >= 11 is 5.11. The number of halogens is 1. The molecule has 0 aliphatic carbocycles. The fourth-order valence-electron chi connectivity index (χ4n) is 2.38. The van der Waals surface area contributed by atoms with Crippen molar-refractivity contribution in [2.45, 2.75) is 6.54 Å².